The summed E-state index contributed by atoms with van der Waals surface area (Å²) in [4.78, 5) is 0. The fraction of sp³-hybridized carbons (Fsp3) is 1.00. The van der Waals surface area contributed by atoms with Crippen LogP contribution in [0.3, 0.4) is 0 Å². The first-order chi connectivity index (χ1) is 13.0. The maximum atomic E-state index is 9.58. The lowest BCUT2D eigenvalue weighted by Crippen LogP contribution is -2.52. The van der Waals surface area contributed by atoms with Crippen LogP contribution in [-0.4, -0.2) is 54.1 Å². The summed E-state index contributed by atoms with van der Waals surface area (Å²) in [5, 5.41) is 19.2. The number of rotatable bonds is 20. The molecule has 0 aliphatic carbocycles. The predicted molar refractivity (Wildman–Crippen MR) is 119 cm³/mol. The highest BCUT2D eigenvalue weighted by atomic mass is 16.3. The van der Waals surface area contributed by atoms with Crippen molar-refractivity contribution in [1.29, 1.82) is 0 Å². The maximum absolute atomic E-state index is 9.58. The summed E-state index contributed by atoms with van der Waals surface area (Å²) in [7, 11) is 0. The summed E-state index contributed by atoms with van der Waals surface area (Å²) in [5.74, 6) is 1.66. The summed E-state index contributed by atoms with van der Waals surface area (Å²) in [6, 6.07) is 0. The molecular weight excluding hydrogens is 334 g/mol. The number of aliphatic hydroxyl groups excluding tert-OH is 2. The molecule has 164 valence electrons. The Hall–Kier alpha value is -0.120. The number of nitrogens with zero attached hydrogens (tertiary/aromatic N) is 1. The van der Waals surface area contributed by atoms with Crippen LogP contribution in [0.25, 0.3) is 0 Å². The first kappa shape index (κ1) is 26.9. The highest BCUT2D eigenvalue weighted by Crippen LogP contribution is 2.17. The first-order valence-corrected chi connectivity index (χ1v) is 12.0. The predicted octanol–water partition coefficient (Wildman–Crippen LogP) is 5.78. The number of quaternary nitrogens is 1. The van der Waals surface area contributed by atoms with Crippen molar-refractivity contribution in [2.24, 2.45) is 11.8 Å². The van der Waals surface area contributed by atoms with Crippen molar-refractivity contribution in [1.82, 2.24) is 0 Å². The summed E-state index contributed by atoms with van der Waals surface area (Å²) < 4.78 is 0.922. The number of unbranched alkanes of at least 4 members (excludes halogenated alkanes) is 8. The molecule has 3 heteroatoms. The first-order valence-electron chi connectivity index (χ1n) is 12.0. The zero-order chi connectivity index (χ0) is 20.4. The van der Waals surface area contributed by atoms with E-state index in [0.29, 0.717) is 0 Å². The molecule has 3 nitrogen and oxygen atoms in total. The molecule has 0 atom stereocenters. The van der Waals surface area contributed by atoms with E-state index in [-0.39, 0.29) is 13.2 Å². The third kappa shape index (κ3) is 16.5. The number of hydrogen-bond acceptors (Lipinski definition) is 2. The van der Waals surface area contributed by atoms with Crippen LogP contribution >= 0.6 is 0 Å². The van der Waals surface area contributed by atoms with Crippen LogP contribution in [0.15, 0.2) is 0 Å². The largest absolute Gasteiger partial charge is 0.391 e. The van der Waals surface area contributed by atoms with Gasteiger partial charge in [0, 0.05) is 0 Å². The lowest BCUT2D eigenvalue weighted by Gasteiger charge is -2.38. The molecule has 0 aromatic heterocycles. The zero-order valence-electron chi connectivity index (χ0n) is 19.2. The minimum absolute atomic E-state index is 0.239. The molecule has 0 aromatic carbocycles. The van der Waals surface area contributed by atoms with E-state index in [4.69, 9.17) is 0 Å². The van der Waals surface area contributed by atoms with Crippen LogP contribution in [0.5, 0.6) is 0 Å². The Kier molecular flexibility index (Phi) is 17.9. The highest BCUT2D eigenvalue weighted by molar-refractivity contribution is 4.53. The van der Waals surface area contributed by atoms with Gasteiger partial charge in [-0.25, -0.2) is 0 Å². The van der Waals surface area contributed by atoms with Gasteiger partial charge in [0.2, 0.25) is 0 Å². The number of hydrogen-bond donors (Lipinski definition) is 2. The van der Waals surface area contributed by atoms with E-state index >= 15 is 0 Å². The topological polar surface area (TPSA) is 40.5 Å². The third-order valence-electron chi connectivity index (χ3n) is 5.98. The van der Waals surface area contributed by atoms with Gasteiger partial charge >= 0.3 is 0 Å². The van der Waals surface area contributed by atoms with Crippen LogP contribution in [-0.2, 0) is 0 Å². The quantitative estimate of drug-likeness (QED) is 0.206. The Bertz CT molecular complexity index is 275. The van der Waals surface area contributed by atoms with Crippen molar-refractivity contribution in [3.8, 4) is 0 Å². The summed E-state index contributed by atoms with van der Waals surface area (Å²) in [5.41, 5.74) is 0. The van der Waals surface area contributed by atoms with Gasteiger partial charge < -0.3 is 14.7 Å². The molecule has 0 saturated heterocycles. The van der Waals surface area contributed by atoms with Gasteiger partial charge in [-0.3, -0.25) is 0 Å². The molecule has 0 fully saturated rings. The molecule has 0 heterocycles. The van der Waals surface area contributed by atoms with Gasteiger partial charge in [-0.05, 0) is 37.5 Å². The average molecular weight is 387 g/mol. The minimum Gasteiger partial charge on any atom is -0.391 e. The Morgan fingerprint density at radius 2 is 0.815 bits per heavy atom. The fourth-order valence-electron chi connectivity index (χ4n) is 4.16. The summed E-state index contributed by atoms with van der Waals surface area (Å²) >= 11 is 0. The van der Waals surface area contributed by atoms with E-state index in [2.05, 4.69) is 27.7 Å². The fourth-order valence-corrected chi connectivity index (χ4v) is 4.16. The monoisotopic (exact) mass is 386 g/mol. The van der Waals surface area contributed by atoms with Gasteiger partial charge in [-0.15, -0.1) is 0 Å². The second-order valence-electron chi connectivity index (χ2n) is 9.58. The third-order valence-corrected chi connectivity index (χ3v) is 5.98. The smallest absolute Gasteiger partial charge is 0.102 e. The van der Waals surface area contributed by atoms with Crippen molar-refractivity contribution >= 4 is 0 Å². The lowest BCUT2D eigenvalue weighted by atomic mass is 10.0. The molecule has 0 radical (unpaired) electrons. The Morgan fingerprint density at radius 1 is 0.481 bits per heavy atom. The van der Waals surface area contributed by atoms with Gasteiger partial charge in [0.05, 0.1) is 26.3 Å². The molecule has 0 amide bonds. The second kappa shape index (κ2) is 17.9. The van der Waals surface area contributed by atoms with E-state index in [9.17, 15) is 10.2 Å². The van der Waals surface area contributed by atoms with Crippen molar-refractivity contribution in [2.45, 2.75) is 105 Å². The zero-order valence-corrected chi connectivity index (χ0v) is 19.2. The van der Waals surface area contributed by atoms with Gasteiger partial charge in [0.25, 0.3) is 0 Å². The molecule has 0 saturated carbocycles. The Morgan fingerprint density at radius 3 is 1.15 bits per heavy atom. The molecule has 0 unspecified atom stereocenters. The lowest BCUT2D eigenvalue weighted by molar-refractivity contribution is -0.929. The highest BCUT2D eigenvalue weighted by Gasteiger charge is 2.25. The molecular formula is C24H52NO2+. The maximum Gasteiger partial charge on any atom is 0.102 e. The van der Waals surface area contributed by atoms with Gasteiger partial charge in [-0.1, -0.05) is 79.1 Å². The van der Waals surface area contributed by atoms with Crippen LogP contribution in [0.4, 0.5) is 0 Å². The average Bonchev–Trinajstić information content (AvgIpc) is 2.60. The minimum atomic E-state index is 0.239. The van der Waals surface area contributed by atoms with Crippen LogP contribution in [0.2, 0.25) is 0 Å². The summed E-state index contributed by atoms with van der Waals surface area (Å²) in [6.45, 7) is 13.6. The molecule has 27 heavy (non-hydrogen) atoms. The van der Waals surface area contributed by atoms with Gasteiger partial charge in [0.15, 0.2) is 0 Å². The molecule has 2 N–H and O–H groups in total. The van der Waals surface area contributed by atoms with Crippen molar-refractivity contribution in [3.63, 3.8) is 0 Å². The molecule has 0 aliphatic heterocycles. The normalized spacial score (nSPS) is 12.4. The Labute approximate surface area is 171 Å². The summed E-state index contributed by atoms with van der Waals surface area (Å²) in [6.07, 6.45) is 15.9. The second-order valence-corrected chi connectivity index (χ2v) is 9.58. The SMILES string of the molecule is CC(C)CCCCCCC[N+](CCO)(CCO)CCCCCCCC(C)C. The van der Waals surface area contributed by atoms with E-state index < -0.39 is 0 Å². The van der Waals surface area contributed by atoms with Crippen molar-refractivity contribution in [2.75, 3.05) is 39.4 Å². The van der Waals surface area contributed by atoms with Crippen molar-refractivity contribution < 1.29 is 14.7 Å². The van der Waals surface area contributed by atoms with Gasteiger partial charge in [-0.2, -0.15) is 0 Å². The van der Waals surface area contributed by atoms with E-state index in [1.807, 2.05) is 0 Å². The van der Waals surface area contributed by atoms with Crippen LogP contribution in [0, 0.1) is 11.8 Å². The number of aliphatic hydroxyl groups is 2. The van der Waals surface area contributed by atoms with E-state index in [1.165, 1.54) is 77.0 Å². The molecule has 0 aliphatic rings. The standard InChI is InChI=1S/C24H52NO2/c1-23(2)15-11-7-5-9-13-17-25(19-21-26,20-22-27)18-14-10-6-8-12-16-24(3)4/h23-24,26-27H,5-22H2,1-4H3/q+1. The Balaban J connectivity index is 4.07. The van der Waals surface area contributed by atoms with Crippen LogP contribution < -0.4 is 0 Å². The van der Waals surface area contributed by atoms with E-state index in [0.717, 1.165) is 42.5 Å². The molecule has 0 bridgehead atoms. The van der Waals surface area contributed by atoms with Crippen molar-refractivity contribution in [3.05, 3.63) is 0 Å². The van der Waals surface area contributed by atoms with Gasteiger partial charge in [0.1, 0.15) is 13.1 Å². The molecule has 0 aromatic rings. The van der Waals surface area contributed by atoms with Crippen LogP contribution in [0.1, 0.15) is 105 Å². The molecule has 0 rings (SSSR count). The molecule has 0 spiro atoms. The van der Waals surface area contributed by atoms with E-state index in [1.54, 1.807) is 0 Å².